The second kappa shape index (κ2) is 7.83. The summed E-state index contributed by atoms with van der Waals surface area (Å²) in [7, 11) is 0. The van der Waals surface area contributed by atoms with Crippen molar-refractivity contribution in [3.63, 3.8) is 0 Å². The zero-order valence-corrected chi connectivity index (χ0v) is 14.2. The Morgan fingerprint density at radius 2 is 2.20 bits per heavy atom. The summed E-state index contributed by atoms with van der Waals surface area (Å²) < 4.78 is 5.70. The summed E-state index contributed by atoms with van der Waals surface area (Å²) >= 11 is 0. The summed E-state index contributed by atoms with van der Waals surface area (Å²) in [6, 6.07) is 9.27. The monoisotopic (exact) mass is 342 g/mol. The van der Waals surface area contributed by atoms with E-state index in [2.05, 4.69) is 20.6 Å². The lowest BCUT2D eigenvalue weighted by molar-refractivity contribution is -0.125. The summed E-state index contributed by atoms with van der Waals surface area (Å²) in [6.07, 6.45) is 1.38. The molecule has 0 fully saturated rings. The van der Waals surface area contributed by atoms with Crippen LogP contribution >= 0.6 is 0 Å². The van der Waals surface area contributed by atoms with Crippen LogP contribution in [-0.2, 0) is 11.2 Å². The molecule has 1 amide bonds. The maximum Gasteiger partial charge on any atom is 0.252 e. The second-order valence-electron chi connectivity index (χ2n) is 6.10. The third-order valence-electron chi connectivity index (χ3n) is 4.12. The number of para-hydroxylation sites is 1. The fourth-order valence-corrected chi connectivity index (χ4v) is 2.89. The highest BCUT2D eigenvalue weighted by Gasteiger charge is 2.23. The molecule has 1 atom stereocenters. The van der Waals surface area contributed by atoms with E-state index >= 15 is 0 Å². The lowest BCUT2D eigenvalue weighted by atomic mass is 9.96. The molecule has 1 aliphatic rings. The molecule has 0 radical (unpaired) electrons. The van der Waals surface area contributed by atoms with E-state index in [0.29, 0.717) is 44.2 Å². The lowest BCUT2D eigenvalue weighted by Crippen LogP contribution is -2.35. The van der Waals surface area contributed by atoms with E-state index in [9.17, 15) is 9.59 Å². The number of aryl methyl sites for hydroxylation is 1. The Hall–Kier alpha value is -2.83. The Labute approximate surface area is 145 Å². The van der Waals surface area contributed by atoms with Crippen LogP contribution in [0.4, 0.5) is 5.95 Å². The van der Waals surface area contributed by atoms with Crippen LogP contribution in [0.25, 0.3) is 0 Å². The molecule has 2 aromatic rings. The molecule has 0 unspecified atom stereocenters. The Morgan fingerprint density at radius 3 is 3.04 bits per heavy atom. The summed E-state index contributed by atoms with van der Waals surface area (Å²) in [4.78, 5) is 30.6. The lowest BCUT2D eigenvalue weighted by Gasteiger charge is -2.14. The highest BCUT2D eigenvalue weighted by Crippen LogP contribution is 2.26. The number of nitrogens with one attached hydrogen (secondary N) is 3. The maximum absolute atomic E-state index is 12.4. The van der Waals surface area contributed by atoms with Gasteiger partial charge < -0.3 is 15.4 Å². The van der Waals surface area contributed by atoms with Crippen molar-refractivity contribution < 1.29 is 9.53 Å². The van der Waals surface area contributed by atoms with Gasteiger partial charge in [0.2, 0.25) is 11.9 Å². The fourth-order valence-electron chi connectivity index (χ4n) is 2.89. The van der Waals surface area contributed by atoms with Crippen LogP contribution < -0.4 is 20.9 Å². The number of H-pyrrole nitrogens is 1. The number of amides is 1. The smallest absolute Gasteiger partial charge is 0.252 e. The molecule has 0 saturated carbocycles. The van der Waals surface area contributed by atoms with Crippen LogP contribution in [0.3, 0.4) is 0 Å². The van der Waals surface area contributed by atoms with Gasteiger partial charge >= 0.3 is 0 Å². The number of ether oxygens (including phenoxy) is 1. The molecule has 1 aromatic heterocycles. The zero-order chi connectivity index (χ0) is 17.6. The van der Waals surface area contributed by atoms with Gasteiger partial charge in [-0.3, -0.25) is 14.6 Å². The Morgan fingerprint density at radius 1 is 1.36 bits per heavy atom. The average molecular weight is 342 g/mol. The molecule has 25 heavy (non-hydrogen) atoms. The van der Waals surface area contributed by atoms with Gasteiger partial charge in [-0.1, -0.05) is 18.2 Å². The van der Waals surface area contributed by atoms with Crippen molar-refractivity contribution in [1.82, 2.24) is 15.3 Å². The van der Waals surface area contributed by atoms with Gasteiger partial charge in [0.15, 0.2) is 0 Å². The van der Waals surface area contributed by atoms with Crippen molar-refractivity contribution in [2.24, 2.45) is 5.92 Å². The quantitative estimate of drug-likeness (QED) is 0.711. The predicted molar refractivity (Wildman–Crippen MR) is 94.8 cm³/mol. The number of aromatic nitrogens is 2. The van der Waals surface area contributed by atoms with Gasteiger partial charge in [0.25, 0.3) is 5.56 Å². The zero-order valence-electron chi connectivity index (χ0n) is 14.2. The number of hydrogen-bond acceptors (Lipinski definition) is 5. The number of benzene rings is 1. The Kier molecular flexibility index (Phi) is 5.33. The number of rotatable bonds is 5. The number of hydrogen-bond donors (Lipinski definition) is 3. The van der Waals surface area contributed by atoms with Crippen molar-refractivity contribution in [2.75, 3.05) is 25.0 Å². The summed E-state index contributed by atoms with van der Waals surface area (Å²) in [5, 5.41) is 5.94. The molecule has 1 aliphatic heterocycles. The first-order valence-electron chi connectivity index (χ1n) is 8.42. The molecule has 3 N–H and O–H groups in total. The summed E-state index contributed by atoms with van der Waals surface area (Å²) in [5.74, 6) is 1.21. The van der Waals surface area contributed by atoms with Gasteiger partial charge in [-0.2, -0.15) is 0 Å². The third-order valence-corrected chi connectivity index (χ3v) is 4.12. The Balaban J connectivity index is 1.48. The number of fused-ring (bicyclic) bond motifs is 1. The van der Waals surface area contributed by atoms with Crippen molar-refractivity contribution in [1.29, 1.82) is 0 Å². The fraction of sp³-hybridized carbons (Fsp3) is 0.389. The largest absolute Gasteiger partial charge is 0.493 e. The van der Waals surface area contributed by atoms with Crippen LogP contribution in [0, 0.1) is 12.8 Å². The highest BCUT2D eigenvalue weighted by molar-refractivity contribution is 5.79. The molecule has 132 valence electrons. The van der Waals surface area contributed by atoms with Gasteiger partial charge in [-0.05, 0) is 31.4 Å². The summed E-state index contributed by atoms with van der Waals surface area (Å²) in [5.41, 5.74) is 1.52. The van der Waals surface area contributed by atoms with Gasteiger partial charge in [0, 0.05) is 30.8 Å². The minimum atomic E-state index is -0.198. The van der Waals surface area contributed by atoms with Crippen molar-refractivity contribution in [3.8, 4) is 5.75 Å². The topological polar surface area (TPSA) is 96.1 Å². The third kappa shape index (κ3) is 4.59. The molecule has 0 spiro atoms. The number of anilines is 1. The number of carbonyl (C=O) groups is 1. The van der Waals surface area contributed by atoms with E-state index in [1.807, 2.05) is 24.3 Å². The van der Waals surface area contributed by atoms with E-state index in [1.165, 1.54) is 6.07 Å². The minimum Gasteiger partial charge on any atom is -0.493 e. The summed E-state index contributed by atoms with van der Waals surface area (Å²) in [6.45, 7) is 3.24. The first kappa shape index (κ1) is 17.0. The second-order valence-corrected chi connectivity index (χ2v) is 6.10. The molecule has 2 heterocycles. The molecule has 0 bridgehead atoms. The van der Waals surface area contributed by atoms with Gasteiger partial charge in [0.1, 0.15) is 5.75 Å². The first-order chi connectivity index (χ1) is 12.1. The first-order valence-corrected chi connectivity index (χ1v) is 8.42. The van der Waals surface area contributed by atoms with Crippen LogP contribution in [-0.4, -0.2) is 35.6 Å². The minimum absolute atomic E-state index is 0.0211. The van der Waals surface area contributed by atoms with Crippen molar-refractivity contribution in [3.05, 3.63) is 51.9 Å². The molecule has 7 heteroatoms. The van der Waals surface area contributed by atoms with E-state index in [4.69, 9.17) is 4.74 Å². The van der Waals surface area contributed by atoms with Gasteiger partial charge in [0.05, 0.1) is 6.61 Å². The van der Waals surface area contributed by atoms with E-state index in [1.54, 1.807) is 6.92 Å². The van der Waals surface area contributed by atoms with Crippen molar-refractivity contribution >= 4 is 11.9 Å². The number of carbonyl (C=O) groups excluding carboxylic acids is 1. The standard InChI is InChI=1S/C18H22N4O3/c1-12-10-16(23)22-18(21-12)20-8-7-19-17(24)14-6-9-25-15-5-3-2-4-13(15)11-14/h2-5,10,14H,6-9,11H2,1H3,(H,19,24)(H2,20,21,22,23)/t14-/m1/s1. The molecule has 3 rings (SSSR count). The number of aromatic amines is 1. The molecule has 0 saturated heterocycles. The van der Waals surface area contributed by atoms with Crippen LogP contribution in [0.15, 0.2) is 35.1 Å². The SMILES string of the molecule is Cc1cc(=O)[nH]c(NCCNC(=O)[C@@H]2CCOc3ccccc3C2)n1. The number of nitrogens with zero attached hydrogens (tertiary/aromatic N) is 1. The van der Waals surface area contributed by atoms with E-state index < -0.39 is 0 Å². The van der Waals surface area contributed by atoms with E-state index in [-0.39, 0.29) is 17.4 Å². The maximum atomic E-state index is 12.4. The molecular weight excluding hydrogens is 320 g/mol. The molecule has 7 nitrogen and oxygen atoms in total. The molecule has 1 aromatic carbocycles. The molecular formula is C18H22N4O3. The normalized spacial score (nSPS) is 16.3. The van der Waals surface area contributed by atoms with Crippen LogP contribution in [0.5, 0.6) is 5.75 Å². The predicted octanol–water partition coefficient (Wildman–Crippen LogP) is 1.25. The highest BCUT2D eigenvalue weighted by atomic mass is 16.5. The van der Waals surface area contributed by atoms with Crippen LogP contribution in [0.2, 0.25) is 0 Å². The molecule has 0 aliphatic carbocycles. The average Bonchev–Trinajstić information content (AvgIpc) is 2.80. The van der Waals surface area contributed by atoms with Gasteiger partial charge in [-0.15, -0.1) is 0 Å². The van der Waals surface area contributed by atoms with Gasteiger partial charge in [-0.25, -0.2) is 4.98 Å². The van der Waals surface area contributed by atoms with Crippen LogP contribution in [0.1, 0.15) is 17.7 Å². The van der Waals surface area contributed by atoms with Crippen molar-refractivity contribution in [2.45, 2.75) is 19.8 Å². The van der Waals surface area contributed by atoms with E-state index in [0.717, 1.165) is 11.3 Å². The Bertz CT molecular complexity index is 803.